The molecule has 0 spiro atoms. The van der Waals surface area contributed by atoms with Gasteiger partial charge in [-0.15, -0.1) is 0 Å². The number of hydrogen-bond acceptors (Lipinski definition) is 4. The molecule has 0 bridgehead atoms. The highest BCUT2D eigenvalue weighted by Gasteiger charge is 2.06. The molecule has 4 nitrogen and oxygen atoms in total. The lowest BCUT2D eigenvalue weighted by molar-refractivity contribution is 0.446. The minimum Gasteiger partial charge on any atom is -0.406 e. The van der Waals surface area contributed by atoms with Crippen LogP contribution in [0.5, 0.6) is 0 Å². The highest BCUT2D eigenvalue weighted by Crippen LogP contribution is 2.12. The maximum absolute atomic E-state index is 11.5. The molecule has 72 valence electrons. The number of rotatable bonds is 1. The lowest BCUT2D eigenvalue weighted by Crippen LogP contribution is -2.09. The van der Waals surface area contributed by atoms with Crippen LogP contribution >= 0.6 is 0 Å². The molecule has 0 fully saturated rings. The fourth-order valence-electron chi connectivity index (χ4n) is 1.41. The van der Waals surface area contributed by atoms with Gasteiger partial charge in [0.15, 0.2) is 0 Å². The summed E-state index contributed by atoms with van der Waals surface area (Å²) in [6.45, 7) is 1.99. The second-order valence-corrected chi connectivity index (χ2v) is 3.07. The van der Waals surface area contributed by atoms with Crippen molar-refractivity contribution in [3.63, 3.8) is 0 Å². The Labute approximate surface area is 80.4 Å². The van der Waals surface area contributed by atoms with Crippen LogP contribution in [0.3, 0.4) is 0 Å². The second-order valence-electron chi connectivity index (χ2n) is 3.07. The minimum absolute atomic E-state index is 0.138. The van der Waals surface area contributed by atoms with Crippen LogP contribution in [0.2, 0.25) is 0 Å². The number of fused-ring (bicyclic) bond motifs is 1. The van der Waals surface area contributed by atoms with Crippen molar-refractivity contribution in [3.05, 3.63) is 40.1 Å². The Morgan fingerprint density at radius 1 is 1.50 bits per heavy atom. The Morgan fingerprint density at radius 2 is 2.29 bits per heavy atom. The summed E-state index contributed by atoms with van der Waals surface area (Å²) in [6, 6.07) is 5.48. The van der Waals surface area contributed by atoms with Gasteiger partial charge < -0.3 is 10.2 Å². The van der Waals surface area contributed by atoms with Crippen LogP contribution in [-0.2, 0) is 6.54 Å². The van der Waals surface area contributed by atoms with E-state index in [2.05, 4.69) is 4.98 Å². The standard InChI is InChI=1S/C10H10N2O2/c1-6-3-2-4-7-9(6)10(13)14-8(5-11)12-7/h2-4H,5,11H2,1H3. The summed E-state index contributed by atoms with van der Waals surface area (Å²) in [7, 11) is 0. The summed E-state index contributed by atoms with van der Waals surface area (Å²) in [5, 5.41) is 0.532. The van der Waals surface area contributed by atoms with Crippen LogP contribution in [0.25, 0.3) is 10.9 Å². The Morgan fingerprint density at radius 3 is 3.00 bits per heavy atom. The fourth-order valence-corrected chi connectivity index (χ4v) is 1.41. The number of benzene rings is 1. The first-order valence-corrected chi connectivity index (χ1v) is 4.32. The van der Waals surface area contributed by atoms with Gasteiger partial charge in [-0.2, -0.15) is 0 Å². The third kappa shape index (κ3) is 1.29. The van der Waals surface area contributed by atoms with Crippen LogP contribution in [-0.4, -0.2) is 4.98 Å². The van der Waals surface area contributed by atoms with Crippen LogP contribution < -0.4 is 11.4 Å². The first-order chi connectivity index (χ1) is 6.72. The van der Waals surface area contributed by atoms with Gasteiger partial charge in [0.05, 0.1) is 17.4 Å². The van der Waals surface area contributed by atoms with Crippen molar-refractivity contribution in [2.75, 3.05) is 0 Å². The van der Waals surface area contributed by atoms with Gasteiger partial charge in [0.1, 0.15) is 0 Å². The van der Waals surface area contributed by atoms with Crippen LogP contribution in [0.1, 0.15) is 11.5 Å². The molecule has 2 rings (SSSR count). The zero-order chi connectivity index (χ0) is 10.1. The van der Waals surface area contributed by atoms with E-state index in [9.17, 15) is 4.79 Å². The van der Waals surface area contributed by atoms with Crippen LogP contribution in [0.15, 0.2) is 27.4 Å². The average Bonchev–Trinajstić information content (AvgIpc) is 2.17. The number of nitrogens with zero attached hydrogens (tertiary/aromatic N) is 1. The van der Waals surface area contributed by atoms with Crippen molar-refractivity contribution in [2.24, 2.45) is 5.73 Å². The van der Waals surface area contributed by atoms with Gasteiger partial charge in [-0.25, -0.2) is 9.78 Å². The van der Waals surface area contributed by atoms with Crippen molar-refractivity contribution in [1.82, 2.24) is 4.98 Å². The number of nitrogens with two attached hydrogens (primary N) is 1. The smallest absolute Gasteiger partial charge is 0.347 e. The highest BCUT2D eigenvalue weighted by atomic mass is 16.4. The first-order valence-electron chi connectivity index (χ1n) is 4.32. The molecule has 4 heteroatoms. The molecule has 1 heterocycles. The molecule has 0 aliphatic heterocycles. The monoisotopic (exact) mass is 190 g/mol. The van der Waals surface area contributed by atoms with Crippen molar-refractivity contribution in [3.8, 4) is 0 Å². The second kappa shape index (κ2) is 3.23. The Bertz CT molecular complexity index is 531. The number of hydrogen-bond donors (Lipinski definition) is 1. The topological polar surface area (TPSA) is 69.1 Å². The van der Waals surface area contributed by atoms with Gasteiger partial charge in [-0.05, 0) is 18.6 Å². The molecule has 0 saturated carbocycles. The third-order valence-corrected chi connectivity index (χ3v) is 2.09. The van der Waals surface area contributed by atoms with E-state index in [1.54, 1.807) is 6.07 Å². The lowest BCUT2D eigenvalue weighted by atomic mass is 10.1. The van der Waals surface area contributed by atoms with Gasteiger partial charge in [-0.3, -0.25) is 0 Å². The van der Waals surface area contributed by atoms with Crippen molar-refractivity contribution < 1.29 is 4.42 Å². The Kier molecular flexibility index (Phi) is 2.05. The normalized spacial score (nSPS) is 10.7. The van der Waals surface area contributed by atoms with E-state index in [0.29, 0.717) is 10.9 Å². The number of aryl methyl sites for hydroxylation is 1. The molecular formula is C10H10N2O2. The fraction of sp³-hybridized carbons (Fsp3) is 0.200. The van der Waals surface area contributed by atoms with E-state index in [4.69, 9.17) is 10.2 Å². The predicted molar refractivity (Wildman–Crippen MR) is 52.9 cm³/mol. The molecule has 0 saturated heterocycles. The predicted octanol–water partition coefficient (Wildman–Crippen LogP) is 0.955. The minimum atomic E-state index is -0.367. The summed E-state index contributed by atoms with van der Waals surface area (Å²) in [5.74, 6) is 0.271. The molecule has 2 N–H and O–H groups in total. The van der Waals surface area contributed by atoms with Gasteiger partial charge >= 0.3 is 5.63 Å². The van der Waals surface area contributed by atoms with Crippen LogP contribution in [0.4, 0.5) is 0 Å². The van der Waals surface area contributed by atoms with E-state index in [1.807, 2.05) is 19.1 Å². The first kappa shape index (κ1) is 8.90. The SMILES string of the molecule is Cc1cccc2nc(CN)oc(=O)c12. The summed E-state index contributed by atoms with van der Waals surface area (Å²) in [4.78, 5) is 15.6. The van der Waals surface area contributed by atoms with Crippen molar-refractivity contribution in [1.29, 1.82) is 0 Å². The van der Waals surface area contributed by atoms with Crippen molar-refractivity contribution >= 4 is 10.9 Å². The van der Waals surface area contributed by atoms with E-state index in [1.165, 1.54) is 0 Å². The highest BCUT2D eigenvalue weighted by molar-refractivity contribution is 5.80. The van der Waals surface area contributed by atoms with Gasteiger partial charge in [0.2, 0.25) is 5.89 Å². The summed E-state index contributed by atoms with van der Waals surface area (Å²) >= 11 is 0. The molecule has 0 aliphatic rings. The molecule has 0 amide bonds. The van der Waals surface area contributed by atoms with E-state index >= 15 is 0 Å². The van der Waals surface area contributed by atoms with E-state index < -0.39 is 0 Å². The van der Waals surface area contributed by atoms with Crippen molar-refractivity contribution in [2.45, 2.75) is 13.5 Å². The zero-order valence-corrected chi connectivity index (χ0v) is 7.78. The van der Waals surface area contributed by atoms with E-state index in [-0.39, 0.29) is 18.1 Å². The quantitative estimate of drug-likeness (QED) is 0.727. The van der Waals surface area contributed by atoms with Gasteiger partial charge in [-0.1, -0.05) is 12.1 Å². The molecule has 2 aromatic rings. The molecule has 0 aliphatic carbocycles. The Hall–Kier alpha value is -1.68. The summed E-state index contributed by atoms with van der Waals surface area (Å²) in [6.07, 6.45) is 0. The summed E-state index contributed by atoms with van der Waals surface area (Å²) in [5.41, 5.74) is 6.49. The zero-order valence-electron chi connectivity index (χ0n) is 7.78. The maximum Gasteiger partial charge on any atom is 0.347 e. The lowest BCUT2D eigenvalue weighted by Gasteiger charge is -2.00. The van der Waals surface area contributed by atoms with E-state index in [0.717, 1.165) is 5.56 Å². The molecule has 0 radical (unpaired) electrons. The molecule has 0 atom stereocenters. The van der Waals surface area contributed by atoms with Gasteiger partial charge in [0.25, 0.3) is 0 Å². The molecular weight excluding hydrogens is 180 g/mol. The van der Waals surface area contributed by atoms with Gasteiger partial charge in [0, 0.05) is 0 Å². The molecule has 14 heavy (non-hydrogen) atoms. The molecule has 0 unspecified atom stereocenters. The third-order valence-electron chi connectivity index (χ3n) is 2.09. The largest absolute Gasteiger partial charge is 0.406 e. The molecule has 1 aromatic carbocycles. The Balaban J connectivity index is 2.90. The van der Waals surface area contributed by atoms with Crippen LogP contribution in [0, 0.1) is 6.92 Å². The number of aromatic nitrogens is 1. The average molecular weight is 190 g/mol. The maximum atomic E-state index is 11.5. The molecule has 1 aromatic heterocycles. The summed E-state index contributed by atoms with van der Waals surface area (Å²) < 4.78 is 4.93.